The lowest BCUT2D eigenvalue weighted by molar-refractivity contribution is 0.827. The number of para-hydroxylation sites is 2. The first-order valence-corrected chi connectivity index (χ1v) is 11.3. The molecule has 0 amide bonds. The maximum absolute atomic E-state index is 3.41. The van der Waals surface area contributed by atoms with Gasteiger partial charge >= 0.3 is 0 Å². The van der Waals surface area contributed by atoms with Gasteiger partial charge in [-0.1, -0.05) is 48.2 Å². The molecular formula is C30H24N2. The number of rotatable bonds is 2. The Labute approximate surface area is 187 Å². The zero-order valence-electron chi connectivity index (χ0n) is 18.4. The van der Waals surface area contributed by atoms with E-state index in [2.05, 4.69) is 120 Å². The average Bonchev–Trinajstić information content (AvgIpc) is 3.34. The minimum atomic E-state index is 0.959. The molecule has 0 radical (unpaired) electrons. The van der Waals surface area contributed by atoms with Crippen LogP contribution >= 0.6 is 0 Å². The van der Waals surface area contributed by atoms with Gasteiger partial charge in [0, 0.05) is 67.8 Å². The fourth-order valence-corrected chi connectivity index (χ4v) is 5.09. The first-order valence-electron chi connectivity index (χ1n) is 11.3. The molecule has 2 heterocycles. The van der Waals surface area contributed by atoms with Crippen molar-refractivity contribution < 1.29 is 0 Å². The Balaban J connectivity index is 1.47. The molecule has 0 saturated carbocycles. The highest BCUT2D eigenvalue weighted by Crippen LogP contribution is 2.31. The molecule has 6 rings (SSSR count). The Bertz CT molecular complexity index is 1570. The van der Waals surface area contributed by atoms with Gasteiger partial charge in [-0.3, -0.25) is 0 Å². The Hall–Kier alpha value is -3.96. The largest absolute Gasteiger partial charge is 0.341 e. The van der Waals surface area contributed by atoms with Crippen molar-refractivity contribution in [2.24, 2.45) is 0 Å². The highest BCUT2D eigenvalue weighted by molar-refractivity contribution is 6.09. The van der Waals surface area contributed by atoms with Gasteiger partial charge in [-0.05, 0) is 62.4 Å². The molecule has 0 aliphatic heterocycles. The van der Waals surface area contributed by atoms with Crippen LogP contribution in [0.3, 0.4) is 0 Å². The third-order valence-electron chi connectivity index (χ3n) is 6.53. The van der Waals surface area contributed by atoms with Crippen LogP contribution in [0.15, 0.2) is 84.9 Å². The molecule has 2 aromatic heterocycles. The summed E-state index contributed by atoms with van der Waals surface area (Å²) in [4.78, 5) is 0. The number of benzene rings is 4. The Morgan fingerprint density at radius 1 is 0.500 bits per heavy atom. The van der Waals surface area contributed by atoms with E-state index in [0.29, 0.717) is 0 Å². The van der Waals surface area contributed by atoms with Crippen LogP contribution in [0.25, 0.3) is 43.6 Å². The fourth-order valence-electron chi connectivity index (χ4n) is 5.09. The second kappa shape index (κ2) is 7.32. The molecule has 0 atom stereocenters. The summed E-state index contributed by atoms with van der Waals surface area (Å²) in [6.07, 6.45) is 0. The molecular weight excluding hydrogens is 388 g/mol. The third-order valence-corrected chi connectivity index (χ3v) is 6.53. The third kappa shape index (κ3) is 2.75. The number of fused-ring (bicyclic) bond motifs is 6. The van der Waals surface area contributed by atoms with Crippen LogP contribution in [0, 0.1) is 11.8 Å². The topological polar surface area (TPSA) is 9.86 Å². The van der Waals surface area contributed by atoms with Crippen molar-refractivity contribution in [3.8, 4) is 11.8 Å². The summed E-state index contributed by atoms with van der Waals surface area (Å²) in [5.41, 5.74) is 7.21. The Kier molecular flexibility index (Phi) is 4.30. The minimum Gasteiger partial charge on any atom is -0.341 e. The van der Waals surface area contributed by atoms with Crippen LogP contribution in [0.4, 0.5) is 0 Å². The minimum absolute atomic E-state index is 0.959. The molecule has 0 aliphatic rings. The summed E-state index contributed by atoms with van der Waals surface area (Å²) in [5.74, 6) is 6.83. The molecule has 0 saturated heterocycles. The highest BCUT2D eigenvalue weighted by atomic mass is 15.0. The van der Waals surface area contributed by atoms with Gasteiger partial charge in [-0.15, -0.1) is 0 Å². The number of aryl methyl sites for hydroxylation is 2. The number of hydrogen-bond donors (Lipinski definition) is 0. The van der Waals surface area contributed by atoms with E-state index >= 15 is 0 Å². The number of aromatic nitrogens is 2. The van der Waals surface area contributed by atoms with Crippen molar-refractivity contribution >= 4 is 43.6 Å². The maximum atomic E-state index is 3.41. The van der Waals surface area contributed by atoms with Crippen LogP contribution in [0.2, 0.25) is 0 Å². The van der Waals surface area contributed by atoms with Gasteiger partial charge in [0.1, 0.15) is 0 Å². The predicted molar refractivity (Wildman–Crippen MR) is 136 cm³/mol. The molecule has 154 valence electrons. The van der Waals surface area contributed by atoms with Crippen LogP contribution in [0.1, 0.15) is 25.0 Å². The van der Waals surface area contributed by atoms with E-state index in [1.807, 2.05) is 0 Å². The van der Waals surface area contributed by atoms with Crippen molar-refractivity contribution in [1.29, 1.82) is 0 Å². The SMILES string of the molecule is CCn1c2ccccc2c2cc(C#Cc3ccc4c(c3)c3ccccc3n4CC)ccc21. The summed E-state index contributed by atoms with van der Waals surface area (Å²) < 4.78 is 4.75. The zero-order chi connectivity index (χ0) is 21.7. The van der Waals surface area contributed by atoms with E-state index in [0.717, 1.165) is 24.2 Å². The quantitative estimate of drug-likeness (QED) is 0.263. The van der Waals surface area contributed by atoms with Crippen LogP contribution < -0.4 is 0 Å². The monoisotopic (exact) mass is 412 g/mol. The average molecular weight is 413 g/mol. The van der Waals surface area contributed by atoms with Crippen molar-refractivity contribution in [2.45, 2.75) is 26.9 Å². The molecule has 32 heavy (non-hydrogen) atoms. The van der Waals surface area contributed by atoms with Crippen molar-refractivity contribution in [2.75, 3.05) is 0 Å². The second-order valence-corrected chi connectivity index (χ2v) is 8.24. The molecule has 6 aromatic rings. The second-order valence-electron chi connectivity index (χ2n) is 8.24. The zero-order valence-corrected chi connectivity index (χ0v) is 18.4. The lowest BCUT2D eigenvalue weighted by Crippen LogP contribution is -1.92. The Morgan fingerprint density at radius 3 is 1.34 bits per heavy atom. The molecule has 0 spiro atoms. The molecule has 0 unspecified atom stereocenters. The van der Waals surface area contributed by atoms with E-state index < -0.39 is 0 Å². The van der Waals surface area contributed by atoms with Gasteiger partial charge in [-0.2, -0.15) is 0 Å². The predicted octanol–water partition coefficient (Wildman–Crippen LogP) is 7.34. The molecule has 0 N–H and O–H groups in total. The van der Waals surface area contributed by atoms with E-state index in [1.165, 1.54) is 43.6 Å². The van der Waals surface area contributed by atoms with E-state index in [-0.39, 0.29) is 0 Å². The van der Waals surface area contributed by atoms with Crippen LogP contribution in [0.5, 0.6) is 0 Å². The van der Waals surface area contributed by atoms with Crippen LogP contribution in [-0.4, -0.2) is 9.13 Å². The summed E-state index contributed by atoms with van der Waals surface area (Å²) in [6.45, 7) is 6.32. The van der Waals surface area contributed by atoms with Gasteiger partial charge in [0.15, 0.2) is 0 Å². The van der Waals surface area contributed by atoms with Crippen LogP contribution in [-0.2, 0) is 13.1 Å². The molecule has 0 fully saturated rings. The summed E-state index contributed by atoms with van der Waals surface area (Å²) in [6, 6.07) is 30.4. The molecule has 2 nitrogen and oxygen atoms in total. The van der Waals surface area contributed by atoms with Gasteiger partial charge in [0.05, 0.1) is 0 Å². The molecule has 4 aromatic carbocycles. The normalized spacial score (nSPS) is 11.4. The van der Waals surface area contributed by atoms with Crippen molar-refractivity contribution in [3.05, 3.63) is 96.1 Å². The lowest BCUT2D eigenvalue weighted by atomic mass is 10.1. The summed E-state index contributed by atoms with van der Waals surface area (Å²) in [5, 5.41) is 5.13. The van der Waals surface area contributed by atoms with Crippen molar-refractivity contribution in [3.63, 3.8) is 0 Å². The van der Waals surface area contributed by atoms with Crippen molar-refractivity contribution in [1.82, 2.24) is 9.13 Å². The standard InChI is InChI=1S/C30H24N2/c1-3-31-27-11-7-5-9-23(27)25-19-21(15-17-29(25)31)13-14-22-16-18-30-26(20-22)24-10-6-8-12-28(24)32(30)4-2/h5-12,15-20H,3-4H2,1-2H3. The van der Waals surface area contributed by atoms with E-state index in [1.54, 1.807) is 0 Å². The number of nitrogens with zero attached hydrogens (tertiary/aromatic N) is 2. The first kappa shape index (κ1) is 18.8. The highest BCUT2D eigenvalue weighted by Gasteiger charge is 2.10. The van der Waals surface area contributed by atoms with Gasteiger partial charge < -0.3 is 9.13 Å². The smallest absolute Gasteiger partial charge is 0.0492 e. The Morgan fingerprint density at radius 2 is 0.906 bits per heavy atom. The van der Waals surface area contributed by atoms with E-state index in [9.17, 15) is 0 Å². The lowest BCUT2D eigenvalue weighted by Gasteiger charge is -2.02. The first-order chi connectivity index (χ1) is 15.8. The number of hydrogen-bond acceptors (Lipinski definition) is 0. The molecule has 2 heteroatoms. The van der Waals surface area contributed by atoms with Gasteiger partial charge in [-0.25, -0.2) is 0 Å². The molecule has 0 aliphatic carbocycles. The van der Waals surface area contributed by atoms with Gasteiger partial charge in [0.2, 0.25) is 0 Å². The van der Waals surface area contributed by atoms with E-state index in [4.69, 9.17) is 0 Å². The molecule has 0 bridgehead atoms. The fraction of sp³-hybridized carbons (Fsp3) is 0.133. The summed E-state index contributed by atoms with van der Waals surface area (Å²) in [7, 11) is 0. The maximum Gasteiger partial charge on any atom is 0.0492 e. The van der Waals surface area contributed by atoms with Gasteiger partial charge in [0.25, 0.3) is 0 Å². The summed E-state index contributed by atoms with van der Waals surface area (Å²) >= 11 is 0.